The normalized spacial score (nSPS) is 17.6. The molecular weight excluding hydrogens is 198 g/mol. The zero-order valence-electron chi connectivity index (χ0n) is 12.7. The lowest BCUT2D eigenvalue weighted by molar-refractivity contribution is 0.289. The van der Waals surface area contributed by atoms with E-state index >= 15 is 0 Å². The van der Waals surface area contributed by atoms with Gasteiger partial charge in [-0.25, -0.2) is 0 Å². The third-order valence-electron chi connectivity index (χ3n) is 2.56. The van der Waals surface area contributed by atoms with Gasteiger partial charge in [-0.1, -0.05) is 36.3 Å². The van der Waals surface area contributed by atoms with Crippen molar-refractivity contribution in [1.82, 2.24) is 0 Å². The monoisotopic (exact) mass is 215 g/mol. The molecule has 1 aliphatic heterocycles. The topological polar surface area (TPSA) is 12.5 Å². The first-order valence-electron chi connectivity index (χ1n) is 7.11. The molecule has 2 aromatic rings. The van der Waals surface area contributed by atoms with Gasteiger partial charge in [0.25, 0.3) is 0 Å². The van der Waals surface area contributed by atoms with E-state index in [1.54, 1.807) is 0 Å². The fourth-order valence-electron chi connectivity index (χ4n) is 1.75. The fraction of sp³-hybridized carbons (Fsp3) is 0.143. The minimum absolute atomic E-state index is 0.0263. The van der Waals surface area contributed by atoms with Gasteiger partial charge in [-0.15, -0.1) is 0 Å². The summed E-state index contributed by atoms with van der Waals surface area (Å²) in [6, 6.07) is 9.06. The highest BCUT2D eigenvalue weighted by molar-refractivity contribution is 5.49. The first-order chi connectivity index (χ1) is 9.59. The van der Waals surface area contributed by atoms with E-state index in [1.807, 2.05) is 35.2 Å². The standard InChI is InChI=1S/C14H13NO/c1-2-7-13(8-3-1)15-10-12-6-4-5-9-14(12)16-11-15/h1-9H,10-11H2/i4D,5D,6D,9D. The number of rotatable bonds is 1. The molecule has 0 radical (unpaired) electrons. The molecule has 0 aromatic heterocycles. The van der Waals surface area contributed by atoms with Crippen LogP contribution in [-0.4, -0.2) is 6.73 Å². The second kappa shape index (κ2) is 3.89. The third-order valence-corrected chi connectivity index (χ3v) is 2.56. The van der Waals surface area contributed by atoms with Gasteiger partial charge in [-0.05, 0) is 18.2 Å². The Morgan fingerprint density at radius 1 is 1.12 bits per heavy atom. The average molecular weight is 215 g/mol. The van der Waals surface area contributed by atoms with Crippen LogP contribution in [0.1, 0.15) is 11.0 Å². The molecule has 80 valence electrons. The van der Waals surface area contributed by atoms with Crippen molar-refractivity contribution in [2.75, 3.05) is 11.6 Å². The Labute approximate surface area is 101 Å². The number of para-hydroxylation sites is 2. The molecule has 2 heteroatoms. The maximum absolute atomic E-state index is 7.97. The van der Waals surface area contributed by atoms with Crippen molar-refractivity contribution in [3.05, 3.63) is 60.1 Å². The highest BCUT2D eigenvalue weighted by Crippen LogP contribution is 2.27. The molecule has 2 aromatic carbocycles. The molecule has 3 rings (SSSR count). The Hall–Kier alpha value is -1.96. The predicted molar refractivity (Wildman–Crippen MR) is 64.6 cm³/mol. The van der Waals surface area contributed by atoms with Crippen molar-refractivity contribution in [2.45, 2.75) is 6.54 Å². The third kappa shape index (κ3) is 1.63. The van der Waals surface area contributed by atoms with Crippen molar-refractivity contribution >= 4 is 5.69 Å². The summed E-state index contributed by atoms with van der Waals surface area (Å²) in [7, 11) is 0. The van der Waals surface area contributed by atoms with Gasteiger partial charge in [0.05, 0.1) is 5.48 Å². The molecule has 16 heavy (non-hydrogen) atoms. The van der Waals surface area contributed by atoms with Crippen LogP contribution >= 0.6 is 0 Å². The Balaban J connectivity index is 2.04. The van der Waals surface area contributed by atoms with E-state index in [1.165, 1.54) is 0 Å². The van der Waals surface area contributed by atoms with Crippen molar-refractivity contribution in [3.8, 4) is 5.75 Å². The molecule has 2 nitrogen and oxygen atoms in total. The largest absolute Gasteiger partial charge is 0.473 e. The maximum Gasteiger partial charge on any atom is 0.161 e. The van der Waals surface area contributed by atoms with Gasteiger partial charge >= 0.3 is 0 Å². The molecule has 1 aliphatic rings. The highest BCUT2D eigenvalue weighted by Gasteiger charge is 2.16. The van der Waals surface area contributed by atoms with Crippen LogP contribution in [-0.2, 0) is 6.54 Å². The van der Waals surface area contributed by atoms with Crippen molar-refractivity contribution < 1.29 is 10.2 Å². The van der Waals surface area contributed by atoms with Crippen molar-refractivity contribution in [2.24, 2.45) is 0 Å². The number of hydrogen-bond donors (Lipinski definition) is 0. The lowest BCUT2D eigenvalue weighted by Crippen LogP contribution is -2.31. The highest BCUT2D eigenvalue weighted by atomic mass is 16.5. The van der Waals surface area contributed by atoms with Gasteiger partial charge in [-0.3, -0.25) is 0 Å². The first kappa shape index (κ1) is 5.94. The minimum Gasteiger partial charge on any atom is -0.473 e. The molecule has 0 saturated carbocycles. The van der Waals surface area contributed by atoms with Gasteiger partial charge in [0, 0.05) is 17.8 Å². The van der Waals surface area contributed by atoms with Gasteiger partial charge in [-0.2, -0.15) is 0 Å². The Kier molecular flexibility index (Phi) is 1.45. The summed E-state index contributed by atoms with van der Waals surface area (Å²) in [6.07, 6.45) is 0. The number of fused-ring (bicyclic) bond motifs is 1. The molecule has 0 amide bonds. The Morgan fingerprint density at radius 3 is 2.81 bits per heavy atom. The van der Waals surface area contributed by atoms with Crippen LogP contribution < -0.4 is 9.64 Å². The minimum atomic E-state index is -0.248. The van der Waals surface area contributed by atoms with Crippen LogP contribution in [0.15, 0.2) is 54.5 Å². The number of ether oxygens (including phenoxy) is 1. The molecule has 0 unspecified atom stereocenters. The number of benzene rings is 2. The van der Waals surface area contributed by atoms with Crippen LogP contribution in [0.2, 0.25) is 0 Å². The van der Waals surface area contributed by atoms with E-state index in [4.69, 9.17) is 10.2 Å². The van der Waals surface area contributed by atoms with E-state index in [2.05, 4.69) is 0 Å². The lowest BCUT2D eigenvalue weighted by atomic mass is 10.1. The molecule has 0 aliphatic carbocycles. The summed E-state index contributed by atoms with van der Waals surface area (Å²) in [5.74, 6) is 0.267. The summed E-state index contributed by atoms with van der Waals surface area (Å²) < 4.78 is 36.7. The molecule has 0 bridgehead atoms. The zero-order chi connectivity index (χ0) is 14.3. The van der Waals surface area contributed by atoms with Gasteiger partial charge in [0.2, 0.25) is 0 Å². The van der Waals surface area contributed by atoms with Crippen LogP contribution in [0.4, 0.5) is 5.69 Å². The van der Waals surface area contributed by atoms with Gasteiger partial charge in [0.15, 0.2) is 6.73 Å². The molecule has 0 saturated heterocycles. The van der Waals surface area contributed by atoms with Crippen LogP contribution in [0, 0.1) is 0 Å². The molecule has 0 spiro atoms. The van der Waals surface area contributed by atoms with Crippen LogP contribution in [0.5, 0.6) is 5.75 Å². The smallest absolute Gasteiger partial charge is 0.161 e. The quantitative estimate of drug-likeness (QED) is 0.725. The number of anilines is 1. The van der Waals surface area contributed by atoms with Crippen molar-refractivity contribution in [1.29, 1.82) is 0 Å². The molecular formula is C14H13NO. The molecule has 1 heterocycles. The first-order valence-corrected chi connectivity index (χ1v) is 5.11. The second-order valence-corrected chi connectivity index (χ2v) is 3.61. The van der Waals surface area contributed by atoms with E-state index in [0.29, 0.717) is 12.1 Å². The number of hydrogen-bond acceptors (Lipinski definition) is 2. The van der Waals surface area contributed by atoms with Crippen molar-refractivity contribution in [3.63, 3.8) is 0 Å². The van der Waals surface area contributed by atoms with Crippen LogP contribution in [0.25, 0.3) is 0 Å². The van der Waals surface area contributed by atoms with E-state index in [9.17, 15) is 0 Å². The predicted octanol–water partition coefficient (Wildman–Crippen LogP) is 3.04. The maximum atomic E-state index is 7.97. The summed E-state index contributed by atoms with van der Waals surface area (Å²) in [5, 5.41) is 0. The molecule has 0 N–H and O–H groups in total. The van der Waals surface area contributed by atoms with E-state index in [0.717, 1.165) is 5.69 Å². The van der Waals surface area contributed by atoms with Crippen LogP contribution in [0.3, 0.4) is 0 Å². The van der Waals surface area contributed by atoms with E-state index < -0.39 is 0 Å². The van der Waals surface area contributed by atoms with Gasteiger partial charge < -0.3 is 9.64 Å². The Morgan fingerprint density at radius 2 is 1.94 bits per heavy atom. The summed E-state index contributed by atoms with van der Waals surface area (Å²) >= 11 is 0. The molecule has 0 fully saturated rings. The second-order valence-electron chi connectivity index (χ2n) is 3.61. The average Bonchev–Trinajstić information content (AvgIpc) is 2.51. The summed E-state index contributed by atoms with van der Waals surface area (Å²) in [6.45, 7) is 0.690. The summed E-state index contributed by atoms with van der Waals surface area (Å²) in [4.78, 5) is 1.93. The SMILES string of the molecule is [2H]c1c([2H])c([2H])c2c(c1[2H])CN(c1ccccc1)CO2. The summed E-state index contributed by atoms with van der Waals surface area (Å²) in [5.41, 5.74) is 1.47. The Bertz CT molecular complexity index is 660. The molecule has 0 atom stereocenters. The van der Waals surface area contributed by atoms with Gasteiger partial charge in [0.1, 0.15) is 5.75 Å². The zero-order valence-corrected chi connectivity index (χ0v) is 8.66. The van der Waals surface area contributed by atoms with E-state index in [-0.39, 0.29) is 36.7 Å². The lowest BCUT2D eigenvalue weighted by Gasteiger charge is -2.30. The fourth-order valence-corrected chi connectivity index (χ4v) is 1.75. The number of nitrogens with zero attached hydrogens (tertiary/aromatic N) is 1.